The molecule has 0 bridgehead atoms. The van der Waals surface area contributed by atoms with Crippen LogP contribution in [0.25, 0.3) is 10.4 Å². The fourth-order valence-electron chi connectivity index (χ4n) is 4.16. The Morgan fingerprint density at radius 3 is 2.66 bits per heavy atom. The Hall–Kier alpha value is -2.69. The first-order chi connectivity index (χ1) is 16.7. The van der Waals surface area contributed by atoms with Crippen LogP contribution in [0.2, 0.25) is 5.02 Å². The number of hydrogen-bond donors (Lipinski definition) is 2. The van der Waals surface area contributed by atoms with E-state index in [0.29, 0.717) is 33.6 Å². The highest BCUT2D eigenvalue weighted by Crippen LogP contribution is 2.37. The van der Waals surface area contributed by atoms with E-state index in [9.17, 15) is 17.6 Å². The number of amides is 1. The lowest BCUT2D eigenvalue weighted by molar-refractivity contribution is -0.117. The Morgan fingerprint density at radius 2 is 1.97 bits per heavy atom. The van der Waals surface area contributed by atoms with Crippen LogP contribution in [0, 0.1) is 18.7 Å². The van der Waals surface area contributed by atoms with Gasteiger partial charge in [0.2, 0.25) is 5.91 Å². The number of halogens is 2. The number of ether oxygens (including phenoxy) is 1. The van der Waals surface area contributed by atoms with Crippen LogP contribution in [0.5, 0.6) is 5.75 Å². The van der Waals surface area contributed by atoms with Gasteiger partial charge >= 0.3 is 0 Å². The maximum Gasteiger partial charge on any atom is 0.265 e. The molecule has 0 aliphatic heterocycles. The number of rotatable bonds is 8. The first-order valence-corrected chi connectivity index (χ1v) is 13.8. The number of nitrogens with one attached hydrogen (secondary N) is 2. The number of thiazole rings is 1. The normalized spacial score (nSPS) is 14.2. The van der Waals surface area contributed by atoms with Crippen molar-refractivity contribution in [3.05, 3.63) is 52.9 Å². The molecule has 35 heavy (non-hydrogen) atoms. The van der Waals surface area contributed by atoms with Gasteiger partial charge in [-0.15, -0.1) is 0 Å². The van der Waals surface area contributed by atoms with Crippen molar-refractivity contribution in [3.8, 4) is 16.2 Å². The fourth-order valence-corrected chi connectivity index (χ4v) is 6.57. The van der Waals surface area contributed by atoms with Crippen LogP contribution in [0.3, 0.4) is 0 Å². The van der Waals surface area contributed by atoms with Crippen molar-refractivity contribution >= 4 is 49.7 Å². The smallest absolute Gasteiger partial charge is 0.265 e. The molecule has 0 radical (unpaired) electrons. The maximum absolute atomic E-state index is 14.2. The fraction of sp³-hybridized carbons (Fsp3) is 0.333. The number of methoxy groups -OCH3 is 1. The number of nitrogens with zero attached hydrogens (tertiary/aromatic N) is 1. The minimum atomic E-state index is -4.20. The zero-order chi connectivity index (χ0) is 25.2. The van der Waals surface area contributed by atoms with E-state index in [1.54, 1.807) is 13.0 Å². The molecule has 1 fully saturated rings. The highest BCUT2D eigenvalue weighted by atomic mass is 35.5. The summed E-state index contributed by atoms with van der Waals surface area (Å²) in [6.45, 7) is 1.79. The Bertz CT molecular complexity index is 1350. The van der Waals surface area contributed by atoms with Crippen molar-refractivity contribution in [1.82, 2.24) is 4.98 Å². The van der Waals surface area contributed by atoms with Gasteiger partial charge in [0.15, 0.2) is 5.13 Å². The van der Waals surface area contributed by atoms with E-state index in [4.69, 9.17) is 16.3 Å². The molecule has 1 amide bonds. The van der Waals surface area contributed by atoms with Crippen LogP contribution in [-0.2, 0) is 14.8 Å². The molecule has 186 valence electrons. The molecular formula is C24H25ClFN3O4S2. The Kier molecular flexibility index (Phi) is 7.63. The van der Waals surface area contributed by atoms with Gasteiger partial charge in [0.05, 0.1) is 23.4 Å². The average Bonchev–Trinajstić information content (AvgIpc) is 3.44. The predicted octanol–water partition coefficient (Wildman–Crippen LogP) is 6.24. The van der Waals surface area contributed by atoms with E-state index in [1.165, 1.54) is 55.6 Å². The molecule has 1 saturated carbocycles. The highest BCUT2D eigenvalue weighted by molar-refractivity contribution is 7.92. The largest absolute Gasteiger partial charge is 0.495 e. The van der Waals surface area contributed by atoms with E-state index >= 15 is 0 Å². The number of carbonyl (C=O) groups excluding carboxylic acids is 1. The summed E-state index contributed by atoms with van der Waals surface area (Å²) in [4.78, 5) is 17.4. The van der Waals surface area contributed by atoms with Gasteiger partial charge in [-0.2, -0.15) is 0 Å². The molecule has 3 aromatic rings. The summed E-state index contributed by atoms with van der Waals surface area (Å²) >= 11 is 7.03. The number of aryl methyl sites for hydroxylation is 1. The molecule has 1 aromatic heterocycles. The molecule has 11 heteroatoms. The monoisotopic (exact) mass is 537 g/mol. The molecule has 1 heterocycles. The van der Waals surface area contributed by atoms with Crippen LogP contribution in [0.15, 0.2) is 41.3 Å². The number of aromatic nitrogens is 1. The summed E-state index contributed by atoms with van der Waals surface area (Å²) in [5, 5.41) is 3.48. The van der Waals surface area contributed by atoms with Gasteiger partial charge < -0.3 is 10.1 Å². The van der Waals surface area contributed by atoms with Gasteiger partial charge in [-0.1, -0.05) is 35.8 Å². The van der Waals surface area contributed by atoms with Crippen LogP contribution in [0.4, 0.5) is 15.2 Å². The van der Waals surface area contributed by atoms with Crippen LogP contribution in [0.1, 0.15) is 37.8 Å². The molecule has 0 unspecified atom stereocenters. The molecule has 7 nitrogen and oxygen atoms in total. The van der Waals surface area contributed by atoms with Gasteiger partial charge in [0.1, 0.15) is 16.5 Å². The van der Waals surface area contributed by atoms with Crippen molar-refractivity contribution in [3.63, 3.8) is 0 Å². The van der Waals surface area contributed by atoms with E-state index in [1.807, 2.05) is 0 Å². The third-order valence-corrected chi connectivity index (χ3v) is 8.63. The van der Waals surface area contributed by atoms with Gasteiger partial charge in [-0.25, -0.2) is 17.8 Å². The number of benzene rings is 2. The van der Waals surface area contributed by atoms with Gasteiger partial charge in [0, 0.05) is 11.4 Å². The Labute approximate surface area is 212 Å². The van der Waals surface area contributed by atoms with E-state index in [0.717, 1.165) is 18.9 Å². The zero-order valence-electron chi connectivity index (χ0n) is 19.2. The molecule has 1 aliphatic rings. The second kappa shape index (κ2) is 10.5. The highest BCUT2D eigenvalue weighted by Gasteiger charge is 2.24. The first-order valence-electron chi connectivity index (χ1n) is 11.1. The van der Waals surface area contributed by atoms with Crippen molar-refractivity contribution in [2.24, 2.45) is 5.92 Å². The lowest BCUT2D eigenvalue weighted by atomic mass is 10.0. The molecule has 0 spiro atoms. The van der Waals surface area contributed by atoms with Crippen molar-refractivity contribution < 1.29 is 22.3 Å². The summed E-state index contributed by atoms with van der Waals surface area (Å²) in [6, 6.07) is 8.35. The number of carbonyl (C=O) groups is 1. The van der Waals surface area contributed by atoms with Crippen molar-refractivity contribution in [2.75, 3.05) is 17.1 Å². The number of sulfonamides is 1. The molecule has 2 aromatic carbocycles. The molecular weight excluding hydrogens is 513 g/mol. The predicted molar refractivity (Wildman–Crippen MR) is 136 cm³/mol. The minimum Gasteiger partial charge on any atom is -0.495 e. The molecule has 4 rings (SSSR count). The second-order valence-corrected chi connectivity index (χ2v) is 11.5. The van der Waals surface area contributed by atoms with Crippen LogP contribution in [-0.4, -0.2) is 26.4 Å². The number of hydrogen-bond acceptors (Lipinski definition) is 6. The van der Waals surface area contributed by atoms with Gasteiger partial charge in [0.25, 0.3) is 10.0 Å². The van der Waals surface area contributed by atoms with E-state index in [2.05, 4.69) is 15.0 Å². The standard InChI is InChI=1S/C24H25ClFN3O4S2/c1-14-23(34-24(27-14)28-22(30)11-15-5-3-4-6-15)16-7-10-20(33-2)21(12-16)35(31,32)29-19-9-8-17(25)13-18(19)26/h7-10,12-13,15,29H,3-6,11H2,1-2H3,(H,27,28,30). The van der Waals surface area contributed by atoms with Crippen molar-refractivity contribution in [2.45, 2.75) is 43.9 Å². The number of anilines is 2. The summed E-state index contributed by atoms with van der Waals surface area (Å²) in [6.07, 6.45) is 4.96. The summed E-state index contributed by atoms with van der Waals surface area (Å²) < 4.78 is 48.0. The topological polar surface area (TPSA) is 97.4 Å². The van der Waals surface area contributed by atoms with Gasteiger partial charge in [-0.3, -0.25) is 9.52 Å². The Balaban J connectivity index is 1.60. The lowest BCUT2D eigenvalue weighted by Gasteiger charge is -2.13. The third-order valence-electron chi connectivity index (χ3n) is 5.88. The van der Waals surface area contributed by atoms with Crippen LogP contribution < -0.4 is 14.8 Å². The SMILES string of the molecule is COc1ccc(-c2sc(NC(=O)CC3CCCC3)nc2C)cc1S(=O)(=O)Nc1ccc(Cl)cc1F. The maximum atomic E-state index is 14.2. The van der Waals surface area contributed by atoms with Gasteiger partial charge in [-0.05, 0) is 67.6 Å². The summed E-state index contributed by atoms with van der Waals surface area (Å²) in [7, 11) is -2.85. The Morgan fingerprint density at radius 1 is 1.23 bits per heavy atom. The molecule has 2 N–H and O–H groups in total. The lowest BCUT2D eigenvalue weighted by Crippen LogP contribution is -2.15. The zero-order valence-corrected chi connectivity index (χ0v) is 21.6. The quantitative estimate of drug-likeness (QED) is 0.354. The molecule has 1 aliphatic carbocycles. The minimum absolute atomic E-state index is 0.0654. The third kappa shape index (κ3) is 5.94. The van der Waals surface area contributed by atoms with Crippen LogP contribution >= 0.6 is 22.9 Å². The van der Waals surface area contributed by atoms with Crippen molar-refractivity contribution in [1.29, 1.82) is 0 Å². The summed E-state index contributed by atoms with van der Waals surface area (Å²) in [5.41, 5.74) is 0.994. The van der Waals surface area contributed by atoms with E-state index < -0.39 is 15.8 Å². The summed E-state index contributed by atoms with van der Waals surface area (Å²) in [5.74, 6) is -0.345. The van der Waals surface area contributed by atoms with E-state index in [-0.39, 0.29) is 27.3 Å². The second-order valence-electron chi connectivity index (χ2n) is 8.43. The average molecular weight is 538 g/mol. The molecule has 0 atom stereocenters. The first kappa shape index (κ1) is 25.4. The molecule has 0 saturated heterocycles.